The summed E-state index contributed by atoms with van der Waals surface area (Å²) in [5.74, 6) is -1.35. The highest BCUT2D eigenvalue weighted by Gasteiger charge is 2.67. The molecule has 3 fully saturated rings. The lowest BCUT2D eigenvalue weighted by atomic mass is 9.80. The van der Waals surface area contributed by atoms with E-state index in [0.717, 1.165) is 17.1 Å². The maximum absolute atomic E-state index is 6.44. The minimum Gasteiger partial charge on any atom is -0.372 e. The first kappa shape index (κ1) is 18.5. The summed E-state index contributed by atoms with van der Waals surface area (Å²) >= 11 is 0. The highest BCUT2D eigenvalue weighted by molar-refractivity contribution is 5.90. The second-order valence-electron chi connectivity index (χ2n) is 9.05. The lowest BCUT2D eigenvalue weighted by molar-refractivity contribution is -0.227. The van der Waals surface area contributed by atoms with Crippen LogP contribution in [0, 0.1) is 0 Å². The van der Waals surface area contributed by atoms with Gasteiger partial charge in [0.05, 0.1) is 18.0 Å². The van der Waals surface area contributed by atoms with Crippen LogP contribution in [0.3, 0.4) is 0 Å². The van der Waals surface area contributed by atoms with Crippen molar-refractivity contribution in [3.8, 4) is 0 Å². The van der Waals surface area contributed by atoms with Crippen molar-refractivity contribution in [3.05, 3.63) is 24.3 Å². The summed E-state index contributed by atoms with van der Waals surface area (Å²) in [5, 5.41) is 3.75. The van der Waals surface area contributed by atoms with Gasteiger partial charge in [-0.05, 0) is 46.8 Å². The van der Waals surface area contributed by atoms with Gasteiger partial charge < -0.3 is 29.0 Å². The van der Waals surface area contributed by atoms with Gasteiger partial charge in [-0.2, -0.15) is 0 Å². The van der Waals surface area contributed by atoms with E-state index in [1.54, 1.807) is 0 Å². The Bertz CT molecular complexity index is 823. The van der Waals surface area contributed by atoms with Gasteiger partial charge in [0.2, 0.25) is 0 Å². The summed E-state index contributed by atoms with van der Waals surface area (Å²) in [5.41, 5.74) is 2.31. The molecule has 4 aliphatic heterocycles. The second-order valence-corrected chi connectivity index (χ2v) is 9.05. The largest absolute Gasteiger partial charge is 0.372 e. The number of rotatable bonds is 1. The molecule has 7 nitrogen and oxygen atoms in total. The van der Waals surface area contributed by atoms with Crippen LogP contribution in [0.5, 0.6) is 0 Å². The quantitative estimate of drug-likeness (QED) is 0.796. The summed E-state index contributed by atoms with van der Waals surface area (Å²) in [6.07, 6.45) is -0.653. The van der Waals surface area contributed by atoms with Crippen LogP contribution in [-0.2, 0) is 23.7 Å². The Labute approximate surface area is 165 Å². The molecule has 0 aromatic heterocycles. The van der Waals surface area contributed by atoms with E-state index >= 15 is 0 Å². The maximum atomic E-state index is 6.44. The van der Waals surface area contributed by atoms with Gasteiger partial charge in [0.1, 0.15) is 23.9 Å². The number of nitrogens with zero attached hydrogens (tertiary/aromatic N) is 1. The SMILES string of the molecule is CC1=Nc2ccccc2N[C@]2(C1)[C@H]1OC(C)(C)O[C@@H]1O[C@H]2[C@@H]1COC(C)(C)O1. The van der Waals surface area contributed by atoms with Crippen molar-refractivity contribution in [2.24, 2.45) is 4.99 Å². The van der Waals surface area contributed by atoms with Crippen molar-refractivity contribution in [3.63, 3.8) is 0 Å². The number of anilines is 1. The number of para-hydroxylation sites is 2. The van der Waals surface area contributed by atoms with Crippen molar-refractivity contribution in [2.45, 2.75) is 82.8 Å². The molecule has 4 aliphatic rings. The minimum atomic E-state index is -0.710. The van der Waals surface area contributed by atoms with Gasteiger partial charge >= 0.3 is 0 Å². The monoisotopic (exact) mass is 388 g/mol. The third-order valence-corrected chi connectivity index (χ3v) is 5.85. The summed E-state index contributed by atoms with van der Waals surface area (Å²) in [6.45, 7) is 10.2. The van der Waals surface area contributed by atoms with Gasteiger partial charge in [-0.1, -0.05) is 12.1 Å². The van der Waals surface area contributed by atoms with E-state index in [-0.39, 0.29) is 18.3 Å². The number of hydrogen-bond acceptors (Lipinski definition) is 7. The van der Waals surface area contributed by atoms with E-state index in [9.17, 15) is 0 Å². The highest BCUT2D eigenvalue weighted by Crippen LogP contribution is 2.50. The molecule has 1 N–H and O–H groups in total. The first-order valence-corrected chi connectivity index (χ1v) is 9.92. The normalized spacial score (nSPS) is 40.5. The first-order valence-electron chi connectivity index (χ1n) is 9.92. The molecule has 1 spiro atoms. The molecule has 5 atom stereocenters. The standard InChI is InChI=1S/C21H28N2O5/c1-12-10-21(23-14-9-7-6-8-13(14)22-12)16(15-11-24-19(2,3)26-15)25-18-17(21)27-20(4,5)28-18/h6-9,15-18,23H,10-11H2,1-5H3/t15-,16-,17-,18-,21-/m0/s1. The fourth-order valence-electron chi connectivity index (χ4n) is 4.87. The Morgan fingerprint density at radius 2 is 1.79 bits per heavy atom. The van der Waals surface area contributed by atoms with Gasteiger partial charge in [0.15, 0.2) is 17.9 Å². The Kier molecular flexibility index (Phi) is 3.97. The van der Waals surface area contributed by atoms with Crippen LogP contribution in [-0.4, -0.2) is 54.0 Å². The third-order valence-electron chi connectivity index (χ3n) is 5.85. The summed E-state index contributed by atoms with van der Waals surface area (Å²) < 4.78 is 30.9. The van der Waals surface area contributed by atoms with Gasteiger partial charge in [-0.15, -0.1) is 0 Å². The summed E-state index contributed by atoms with van der Waals surface area (Å²) in [6, 6.07) is 8.06. The molecule has 7 heteroatoms. The van der Waals surface area contributed by atoms with Crippen LogP contribution < -0.4 is 5.32 Å². The smallest absolute Gasteiger partial charge is 0.190 e. The molecule has 0 aliphatic carbocycles. The van der Waals surface area contributed by atoms with Gasteiger partial charge in [-0.3, -0.25) is 4.99 Å². The predicted octanol–water partition coefficient (Wildman–Crippen LogP) is 3.36. The zero-order valence-corrected chi connectivity index (χ0v) is 17.0. The topological polar surface area (TPSA) is 70.5 Å². The Morgan fingerprint density at radius 3 is 2.54 bits per heavy atom. The lowest BCUT2D eigenvalue weighted by Gasteiger charge is -2.40. The van der Waals surface area contributed by atoms with E-state index < -0.39 is 23.4 Å². The first-order chi connectivity index (χ1) is 13.2. The summed E-state index contributed by atoms with van der Waals surface area (Å²) in [4.78, 5) is 4.83. The number of ether oxygens (including phenoxy) is 5. The molecule has 0 saturated carbocycles. The Hall–Kier alpha value is -1.51. The predicted molar refractivity (Wildman–Crippen MR) is 104 cm³/mol. The maximum Gasteiger partial charge on any atom is 0.190 e. The Morgan fingerprint density at radius 1 is 1.00 bits per heavy atom. The molecule has 1 aromatic carbocycles. The van der Waals surface area contributed by atoms with E-state index in [2.05, 4.69) is 5.32 Å². The zero-order valence-electron chi connectivity index (χ0n) is 17.0. The molecule has 152 valence electrons. The molecular weight excluding hydrogens is 360 g/mol. The van der Waals surface area contributed by atoms with Gasteiger partial charge in [-0.25, -0.2) is 0 Å². The van der Waals surface area contributed by atoms with Crippen LogP contribution in [0.2, 0.25) is 0 Å². The van der Waals surface area contributed by atoms with E-state index in [0.29, 0.717) is 13.0 Å². The molecule has 5 rings (SSSR count). The number of aliphatic imine (C=N–C) groups is 1. The van der Waals surface area contributed by atoms with E-state index in [1.807, 2.05) is 58.9 Å². The van der Waals surface area contributed by atoms with E-state index in [1.165, 1.54) is 0 Å². The fraction of sp³-hybridized carbons (Fsp3) is 0.667. The molecule has 0 amide bonds. The second kappa shape index (κ2) is 6.00. The van der Waals surface area contributed by atoms with Crippen molar-refractivity contribution in [1.82, 2.24) is 0 Å². The van der Waals surface area contributed by atoms with Crippen LogP contribution in [0.4, 0.5) is 11.4 Å². The Balaban J connectivity index is 1.59. The van der Waals surface area contributed by atoms with Crippen molar-refractivity contribution >= 4 is 17.1 Å². The average molecular weight is 388 g/mol. The molecule has 0 bridgehead atoms. The third kappa shape index (κ3) is 2.88. The van der Waals surface area contributed by atoms with Gasteiger partial charge in [0.25, 0.3) is 0 Å². The minimum absolute atomic E-state index is 0.235. The number of fused-ring (bicyclic) bond motifs is 3. The summed E-state index contributed by atoms with van der Waals surface area (Å²) in [7, 11) is 0. The van der Waals surface area contributed by atoms with Crippen molar-refractivity contribution < 1.29 is 23.7 Å². The molecule has 1 aromatic rings. The van der Waals surface area contributed by atoms with Crippen molar-refractivity contribution in [2.75, 3.05) is 11.9 Å². The number of nitrogens with one attached hydrogen (secondary N) is 1. The fourth-order valence-corrected chi connectivity index (χ4v) is 4.87. The lowest BCUT2D eigenvalue weighted by Crippen LogP contribution is -2.59. The van der Waals surface area contributed by atoms with Crippen LogP contribution in [0.25, 0.3) is 0 Å². The van der Waals surface area contributed by atoms with Crippen LogP contribution in [0.15, 0.2) is 29.3 Å². The van der Waals surface area contributed by atoms with Gasteiger partial charge in [0, 0.05) is 12.1 Å². The molecular formula is C21H28N2O5. The van der Waals surface area contributed by atoms with Crippen molar-refractivity contribution in [1.29, 1.82) is 0 Å². The highest BCUT2D eigenvalue weighted by atomic mass is 16.8. The average Bonchev–Trinajstić information content (AvgIpc) is 3.15. The molecule has 3 saturated heterocycles. The molecule has 0 radical (unpaired) electrons. The molecule has 28 heavy (non-hydrogen) atoms. The van der Waals surface area contributed by atoms with E-state index in [4.69, 9.17) is 28.7 Å². The van der Waals surface area contributed by atoms with Crippen LogP contribution in [0.1, 0.15) is 41.0 Å². The molecule has 4 heterocycles. The zero-order chi connectivity index (χ0) is 19.7. The molecule has 0 unspecified atom stereocenters. The number of hydrogen-bond donors (Lipinski definition) is 1. The van der Waals surface area contributed by atoms with Crippen LogP contribution >= 0.6 is 0 Å². The number of benzene rings is 1.